The SMILES string of the molecule is CCc1cc(S(=O)(=O)[O-])cc2ccccc12.CCc1cc(S(=O)(=O)[O-])cc2ccccc12.[Ca+2]. The van der Waals surface area contributed by atoms with Crippen LogP contribution in [0.5, 0.6) is 0 Å². The Labute approximate surface area is 224 Å². The largest absolute Gasteiger partial charge is 2.00 e. The maximum Gasteiger partial charge on any atom is 2.00 e. The predicted molar refractivity (Wildman–Crippen MR) is 128 cm³/mol. The van der Waals surface area contributed by atoms with Crippen LogP contribution in [0.2, 0.25) is 0 Å². The Hall–Kier alpha value is -1.52. The smallest absolute Gasteiger partial charge is 0.744 e. The zero-order chi connectivity index (χ0) is 23.5. The van der Waals surface area contributed by atoms with E-state index in [1.807, 2.05) is 62.4 Å². The fraction of sp³-hybridized carbons (Fsp3) is 0.167. The molecule has 0 aromatic heterocycles. The van der Waals surface area contributed by atoms with Crippen molar-refractivity contribution in [1.29, 1.82) is 0 Å². The molecule has 33 heavy (non-hydrogen) atoms. The molecule has 0 saturated heterocycles. The second kappa shape index (κ2) is 11.3. The van der Waals surface area contributed by atoms with E-state index in [2.05, 4.69) is 0 Å². The number of hydrogen-bond acceptors (Lipinski definition) is 6. The zero-order valence-corrected chi connectivity index (χ0v) is 22.2. The monoisotopic (exact) mass is 510 g/mol. The van der Waals surface area contributed by atoms with E-state index >= 15 is 0 Å². The first kappa shape index (κ1) is 27.7. The molecule has 0 amide bonds. The topological polar surface area (TPSA) is 114 Å². The maximum atomic E-state index is 11.0. The zero-order valence-electron chi connectivity index (χ0n) is 18.3. The Morgan fingerprint density at radius 2 is 0.939 bits per heavy atom. The number of benzene rings is 4. The fourth-order valence-corrected chi connectivity index (χ4v) is 4.71. The van der Waals surface area contributed by atoms with E-state index < -0.39 is 20.2 Å². The third-order valence-corrected chi connectivity index (χ3v) is 6.81. The molecule has 0 heterocycles. The van der Waals surface area contributed by atoms with Gasteiger partial charge in [0.2, 0.25) is 0 Å². The minimum atomic E-state index is -4.38. The number of aryl methyl sites for hydroxylation is 2. The maximum absolute atomic E-state index is 11.0. The van der Waals surface area contributed by atoms with E-state index in [0.717, 1.165) is 32.7 Å². The van der Waals surface area contributed by atoms with Crippen LogP contribution >= 0.6 is 0 Å². The standard InChI is InChI=1S/2C12H12O3S.Ca/c2*1-2-9-7-11(16(13,14)15)8-10-5-3-4-6-12(9)10;/h2*3-8H,2H2,1H3,(H,13,14,15);/q;;+2/p-2. The molecule has 0 aliphatic carbocycles. The summed E-state index contributed by atoms with van der Waals surface area (Å²) in [5.41, 5.74) is 1.76. The van der Waals surface area contributed by atoms with Gasteiger partial charge in [-0.1, -0.05) is 62.4 Å². The van der Waals surface area contributed by atoms with E-state index in [1.54, 1.807) is 0 Å². The molecule has 0 radical (unpaired) electrons. The van der Waals surface area contributed by atoms with E-state index in [4.69, 9.17) is 0 Å². The molecule has 0 N–H and O–H groups in total. The molecule has 0 spiro atoms. The minimum Gasteiger partial charge on any atom is -0.744 e. The van der Waals surface area contributed by atoms with Crippen molar-refractivity contribution in [3.63, 3.8) is 0 Å². The summed E-state index contributed by atoms with van der Waals surface area (Å²) in [6.07, 6.45) is 1.40. The summed E-state index contributed by atoms with van der Waals surface area (Å²) in [4.78, 5) is -0.300. The van der Waals surface area contributed by atoms with Gasteiger partial charge in [0.15, 0.2) is 0 Å². The van der Waals surface area contributed by atoms with E-state index in [1.165, 1.54) is 24.3 Å². The van der Waals surface area contributed by atoms with Crippen LogP contribution in [0, 0.1) is 0 Å². The molecule has 6 nitrogen and oxygen atoms in total. The molecule has 0 aliphatic heterocycles. The Morgan fingerprint density at radius 1 is 0.606 bits per heavy atom. The minimum absolute atomic E-state index is 0. The van der Waals surface area contributed by atoms with E-state index in [-0.39, 0.29) is 47.5 Å². The van der Waals surface area contributed by atoms with Crippen LogP contribution in [0.4, 0.5) is 0 Å². The molecule has 0 aliphatic rings. The number of fused-ring (bicyclic) bond motifs is 2. The first-order chi connectivity index (χ1) is 15.0. The van der Waals surface area contributed by atoms with Crippen LogP contribution in [0.1, 0.15) is 25.0 Å². The van der Waals surface area contributed by atoms with Gasteiger partial charge in [0.25, 0.3) is 0 Å². The molecular weight excluding hydrogens is 488 g/mol. The van der Waals surface area contributed by atoms with Crippen LogP contribution in [0.25, 0.3) is 21.5 Å². The molecule has 4 aromatic rings. The molecule has 0 saturated carbocycles. The van der Waals surface area contributed by atoms with Crippen molar-refractivity contribution in [3.05, 3.63) is 83.9 Å². The van der Waals surface area contributed by atoms with Gasteiger partial charge in [-0.25, -0.2) is 16.8 Å². The van der Waals surface area contributed by atoms with Crippen molar-refractivity contribution in [2.45, 2.75) is 36.5 Å². The summed E-state index contributed by atoms with van der Waals surface area (Å²) in [6, 6.07) is 20.7. The Morgan fingerprint density at radius 3 is 1.24 bits per heavy atom. The quantitative estimate of drug-likeness (QED) is 0.300. The molecule has 4 aromatic carbocycles. The molecule has 9 heteroatoms. The van der Waals surface area contributed by atoms with Crippen LogP contribution in [0.3, 0.4) is 0 Å². The van der Waals surface area contributed by atoms with Gasteiger partial charge < -0.3 is 9.11 Å². The third-order valence-electron chi connectivity index (χ3n) is 5.18. The molecule has 0 fully saturated rings. The van der Waals surface area contributed by atoms with Crippen molar-refractivity contribution in [3.8, 4) is 0 Å². The number of hydrogen-bond donors (Lipinski definition) is 0. The summed E-state index contributed by atoms with van der Waals surface area (Å²) in [5, 5.41) is 3.57. The average Bonchev–Trinajstić information content (AvgIpc) is 2.76. The van der Waals surface area contributed by atoms with Gasteiger partial charge in [-0.15, -0.1) is 0 Å². The Balaban J connectivity index is 0.000000227. The summed E-state index contributed by atoms with van der Waals surface area (Å²) in [7, 11) is -8.75. The average molecular weight is 511 g/mol. The van der Waals surface area contributed by atoms with Gasteiger partial charge >= 0.3 is 37.7 Å². The third kappa shape index (κ3) is 6.76. The Kier molecular flexibility index (Phi) is 9.47. The normalized spacial score (nSPS) is 11.5. The summed E-state index contributed by atoms with van der Waals surface area (Å²) in [5.74, 6) is 0. The summed E-state index contributed by atoms with van der Waals surface area (Å²) >= 11 is 0. The van der Waals surface area contributed by atoms with Gasteiger partial charge in [-0.2, -0.15) is 0 Å². The number of rotatable bonds is 4. The second-order valence-corrected chi connectivity index (χ2v) is 9.98. The van der Waals surface area contributed by atoms with Gasteiger partial charge in [-0.3, -0.25) is 0 Å². The van der Waals surface area contributed by atoms with Crippen molar-refractivity contribution >= 4 is 79.5 Å². The summed E-state index contributed by atoms with van der Waals surface area (Å²) in [6.45, 7) is 3.87. The molecule has 0 atom stereocenters. The van der Waals surface area contributed by atoms with Gasteiger partial charge in [0.05, 0.1) is 9.79 Å². The molecule has 168 valence electrons. The van der Waals surface area contributed by atoms with E-state index in [9.17, 15) is 25.9 Å². The van der Waals surface area contributed by atoms with Crippen molar-refractivity contribution < 1.29 is 25.9 Å². The van der Waals surface area contributed by atoms with Crippen molar-refractivity contribution in [2.75, 3.05) is 0 Å². The van der Waals surface area contributed by atoms with Gasteiger partial charge in [-0.05, 0) is 69.8 Å². The van der Waals surface area contributed by atoms with Crippen LogP contribution in [-0.2, 0) is 33.1 Å². The van der Waals surface area contributed by atoms with Crippen molar-refractivity contribution in [1.82, 2.24) is 0 Å². The molecule has 0 bridgehead atoms. The first-order valence-corrected chi connectivity index (χ1v) is 12.8. The van der Waals surface area contributed by atoms with E-state index in [0.29, 0.717) is 12.8 Å². The molecule has 0 unspecified atom stereocenters. The Bertz CT molecular complexity index is 1380. The summed E-state index contributed by atoms with van der Waals surface area (Å²) < 4.78 is 65.9. The molecule has 4 rings (SSSR count). The van der Waals surface area contributed by atoms with Crippen LogP contribution < -0.4 is 0 Å². The molecular formula is C24H22CaO6S2. The predicted octanol–water partition coefficient (Wildman–Crippen LogP) is 4.23. The second-order valence-electron chi connectivity index (χ2n) is 7.22. The first-order valence-electron chi connectivity index (χ1n) is 9.99. The van der Waals surface area contributed by atoms with Crippen molar-refractivity contribution in [2.24, 2.45) is 0 Å². The van der Waals surface area contributed by atoms with Crippen LogP contribution in [-0.4, -0.2) is 63.7 Å². The van der Waals surface area contributed by atoms with Gasteiger partial charge in [0, 0.05) is 0 Å². The van der Waals surface area contributed by atoms with Gasteiger partial charge in [0.1, 0.15) is 20.2 Å². The van der Waals surface area contributed by atoms with Crippen LogP contribution in [0.15, 0.2) is 82.6 Å². The fourth-order valence-electron chi connectivity index (χ4n) is 3.59.